The second-order valence-electron chi connectivity index (χ2n) is 1.01. The SMILES string of the molecule is O=Cc1nnc(Br)o1. The monoisotopic (exact) mass is 176 g/mol. The Bertz CT molecular complexity index is 197. The standard InChI is InChI=1S/C3HBrN2O2/c4-3-6-5-2(1-7)8-3/h1H. The van der Waals surface area contributed by atoms with Gasteiger partial charge in [0.15, 0.2) is 0 Å². The number of aldehydes is 1. The fourth-order valence-electron chi connectivity index (χ4n) is 0.263. The van der Waals surface area contributed by atoms with E-state index in [-0.39, 0.29) is 10.7 Å². The molecule has 5 heteroatoms. The van der Waals surface area contributed by atoms with Gasteiger partial charge in [-0.1, -0.05) is 0 Å². The highest BCUT2D eigenvalue weighted by Gasteiger charge is 1.97. The van der Waals surface area contributed by atoms with Gasteiger partial charge in [-0.3, -0.25) is 4.79 Å². The number of rotatable bonds is 1. The molecule has 0 N–H and O–H groups in total. The summed E-state index contributed by atoms with van der Waals surface area (Å²) in [5, 5.41) is 6.66. The Kier molecular flexibility index (Phi) is 1.38. The number of aromatic nitrogens is 2. The van der Waals surface area contributed by atoms with Crippen LogP contribution in [-0.2, 0) is 0 Å². The van der Waals surface area contributed by atoms with E-state index < -0.39 is 0 Å². The molecule has 0 amide bonds. The largest absolute Gasteiger partial charge is 0.408 e. The van der Waals surface area contributed by atoms with E-state index >= 15 is 0 Å². The van der Waals surface area contributed by atoms with Gasteiger partial charge in [-0.2, -0.15) is 0 Å². The lowest BCUT2D eigenvalue weighted by Gasteiger charge is -1.67. The zero-order valence-corrected chi connectivity index (χ0v) is 5.25. The average Bonchev–Trinajstić information content (AvgIpc) is 2.14. The van der Waals surface area contributed by atoms with Crippen LogP contribution in [0.15, 0.2) is 9.22 Å². The van der Waals surface area contributed by atoms with Gasteiger partial charge in [-0.15, -0.1) is 10.2 Å². The highest BCUT2D eigenvalue weighted by atomic mass is 79.9. The van der Waals surface area contributed by atoms with Crippen LogP contribution in [0.3, 0.4) is 0 Å². The van der Waals surface area contributed by atoms with Crippen molar-refractivity contribution in [3.8, 4) is 0 Å². The van der Waals surface area contributed by atoms with Crippen molar-refractivity contribution in [1.29, 1.82) is 0 Å². The van der Waals surface area contributed by atoms with E-state index in [0.29, 0.717) is 6.29 Å². The van der Waals surface area contributed by atoms with Gasteiger partial charge >= 0.3 is 0 Å². The maximum Gasteiger partial charge on any atom is 0.285 e. The fourth-order valence-corrected chi connectivity index (χ4v) is 0.508. The van der Waals surface area contributed by atoms with E-state index in [0.717, 1.165) is 0 Å². The Hall–Kier alpha value is -0.710. The lowest BCUT2D eigenvalue weighted by molar-refractivity contribution is 0.109. The molecule has 0 spiro atoms. The van der Waals surface area contributed by atoms with Gasteiger partial charge in [-0.25, -0.2) is 0 Å². The first kappa shape index (κ1) is 5.43. The van der Waals surface area contributed by atoms with E-state index in [1.807, 2.05) is 0 Å². The highest BCUT2D eigenvalue weighted by Crippen LogP contribution is 2.03. The third kappa shape index (κ3) is 0.919. The van der Waals surface area contributed by atoms with Crippen molar-refractivity contribution >= 4 is 22.2 Å². The minimum absolute atomic E-state index is 0.0168. The number of carbonyl (C=O) groups excluding carboxylic acids is 1. The first-order valence-corrected chi connectivity index (χ1v) is 2.56. The van der Waals surface area contributed by atoms with Gasteiger partial charge in [0.05, 0.1) is 0 Å². The van der Waals surface area contributed by atoms with Crippen LogP contribution in [0.25, 0.3) is 0 Å². The van der Waals surface area contributed by atoms with E-state index in [1.165, 1.54) is 0 Å². The Morgan fingerprint density at radius 2 is 2.38 bits per heavy atom. The Balaban J connectivity index is 3.00. The molecule has 0 aromatic carbocycles. The smallest absolute Gasteiger partial charge is 0.285 e. The molecule has 42 valence electrons. The molecular formula is C3HBrN2O2. The van der Waals surface area contributed by atoms with Gasteiger partial charge in [0.2, 0.25) is 6.29 Å². The molecule has 0 atom stereocenters. The van der Waals surface area contributed by atoms with Gasteiger partial charge in [0.1, 0.15) is 0 Å². The Labute approximate surface area is 53.0 Å². The molecule has 0 fully saturated rings. The summed E-state index contributed by atoms with van der Waals surface area (Å²) in [6, 6.07) is 0. The third-order valence-electron chi connectivity index (χ3n) is 0.517. The molecule has 0 bridgehead atoms. The number of hydrogen-bond donors (Lipinski definition) is 0. The minimum atomic E-state index is -0.0168. The summed E-state index contributed by atoms with van der Waals surface area (Å²) < 4.78 is 4.56. The molecule has 0 aliphatic carbocycles. The molecule has 1 heterocycles. The van der Waals surface area contributed by atoms with Gasteiger partial charge < -0.3 is 4.42 Å². The van der Waals surface area contributed by atoms with Crippen LogP contribution in [0.1, 0.15) is 10.7 Å². The number of hydrogen-bond acceptors (Lipinski definition) is 4. The van der Waals surface area contributed by atoms with Crippen LogP contribution >= 0.6 is 15.9 Å². The predicted molar refractivity (Wildman–Crippen MR) is 27.4 cm³/mol. The number of carbonyl (C=O) groups is 1. The molecular weight excluding hydrogens is 176 g/mol. The van der Waals surface area contributed by atoms with Crippen LogP contribution < -0.4 is 0 Å². The van der Waals surface area contributed by atoms with Crippen molar-refractivity contribution in [2.24, 2.45) is 0 Å². The molecule has 1 aromatic heterocycles. The average molecular weight is 177 g/mol. The Morgan fingerprint density at radius 1 is 1.62 bits per heavy atom. The van der Waals surface area contributed by atoms with Crippen LogP contribution in [0.4, 0.5) is 0 Å². The van der Waals surface area contributed by atoms with Crippen molar-refractivity contribution in [3.63, 3.8) is 0 Å². The summed E-state index contributed by atoms with van der Waals surface area (Å²) in [6.07, 6.45) is 0.484. The van der Waals surface area contributed by atoms with Gasteiger partial charge in [0.25, 0.3) is 10.7 Å². The molecule has 1 aromatic rings. The second kappa shape index (κ2) is 2.04. The van der Waals surface area contributed by atoms with Crippen molar-refractivity contribution < 1.29 is 9.21 Å². The normalized spacial score (nSPS) is 9.12. The lowest BCUT2D eigenvalue weighted by Crippen LogP contribution is -1.75. The maximum absolute atomic E-state index is 9.80. The molecule has 0 saturated heterocycles. The molecule has 4 nitrogen and oxygen atoms in total. The fraction of sp³-hybridized carbons (Fsp3) is 0. The van der Waals surface area contributed by atoms with Crippen molar-refractivity contribution in [1.82, 2.24) is 10.2 Å². The summed E-state index contributed by atoms with van der Waals surface area (Å²) in [5.41, 5.74) is 0. The zero-order valence-electron chi connectivity index (χ0n) is 3.67. The van der Waals surface area contributed by atoms with Crippen molar-refractivity contribution in [2.75, 3.05) is 0 Å². The summed E-state index contributed by atoms with van der Waals surface area (Å²) >= 11 is 2.87. The summed E-state index contributed by atoms with van der Waals surface area (Å²) in [4.78, 5) is 10.0. The molecule has 1 rings (SSSR count). The van der Waals surface area contributed by atoms with E-state index in [9.17, 15) is 4.79 Å². The molecule has 0 radical (unpaired) electrons. The number of halogens is 1. The van der Waals surface area contributed by atoms with E-state index in [4.69, 9.17) is 0 Å². The highest BCUT2D eigenvalue weighted by molar-refractivity contribution is 9.10. The minimum Gasteiger partial charge on any atom is -0.408 e. The van der Waals surface area contributed by atoms with Gasteiger partial charge in [0, 0.05) is 15.9 Å². The topological polar surface area (TPSA) is 56.0 Å². The zero-order chi connectivity index (χ0) is 5.98. The molecule has 0 aliphatic rings. The summed E-state index contributed by atoms with van der Waals surface area (Å²) in [5.74, 6) is -0.0168. The van der Waals surface area contributed by atoms with Crippen molar-refractivity contribution in [2.45, 2.75) is 0 Å². The van der Waals surface area contributed by atoms with Crippen LogP contribution in [0.5, 0.6) is 0 Å². The first-order valence-electron chi connectivity index (χ1n) is 1.77. The maximum atomic E-state index is 9.80. The van der Waals surface area contributed by atoms with Crippen LogP contribution in [0, 0.1) is 0 Å². The molecule has 0 unspecified atom stereocenters. The third-order valence-corrected chi connectivity index (χ3v) is 0.837. The number of nitrogens with zero attached hydrogens (tertiary/aromatic N) is 2. The molecule has 0 aliphatic heterocycles. The molecule has 8 heavy (non-hydrogen) atoms. The second-order valence-corrected chi connectivity index (χ2v) is 1.69. The summed E-state index contributed by atoms with van der Waals surface area (Å²) in [7, 11) is 0. The van der Waals surface area contributed by atoms with Crippen LogP contribution in [-0.4, -0.2) is 16.5 Å². The summed E-state index contributed by atoms with van der Waals surface area (Å²) in [6.45, 7) is 0. The van der Waals surface area contributed by atoms with Gasteiger partial charge in [-0.05, 0) is 0 Å². The van der Waals surface area contributed by atoms with E-state index in [1.54, 1.807) is 0 Å². The Morgan fingerprint density at radius 3 is 2.62 bits per heavy atom. The predicted octanol–water partition coefficient (Wildman–Crippen LogP) is 0.645. The van der Waals surface area contributed by atoms with Crippen LogP contribution in [0.2, 0.25) is 0 Å². The van der Waals surface area contributed by atoms with E-state index in [2.05, 4.69) is 30.5 Å². The molecule has 0 saturated carbocycles. The first-order chi connectivity index (χ1) is 3.83. The lowest BCUT2D eigenvalue weighted by atomic mass is 10.8. The quantitative estimate of drug-likeness (QED) is 0.590. The van der Waals surface area contributed by atoms with Crippen molar-refractivity contribution in [3.05, 3.63) is 10.7 Å².